The van der Waals surface area contributed by atoms with Crippen molar-refractivity contribution in [1.82, 2.24) is 14.5 Å². The summed E-state index contributed by atoms with van der Waals surface area (Å²) >= 11 is 0. The Hall–Kier alpha value is -0.830. The zero-order valence-electron chi connectivity index (χ0n) is 12.4. The molecule has 0 unspecified atom stereocenters. The highest BCUT2D eigenvalue weighted by Crippen LogP contribution is 2.23. The van der Waals surface area contributed by atoms with Crippen LogP contribution in [0.2, 0.25) is 0 Å². The van der Waals surface area contributed by atoms with Crippen molar-refractivity contribution >= 4 is 0 Å². The number of rotatable bonds is 3. The SMILES string of the molecule is CC(C)N1CCC(Cc2cn3c(n2)CCCC3)CC1. The molecule has 0 aliphatic carbocycles. The number of imidazole rings is 1. The lowest BCUT2D eigenvalue weighted by atomic mass is 9.92. The molecule has 3 rings (SSSR count). The van der Waals surface area contributed by atoms with Crippen LogP contribution in [0, 0.1) is 5.92 Å². The average molecular weight is 261 g/mol. The van der Waals surface area contributed by atoms with Gasteiger partial charge in [-0.3, -0.25) is 0 Å². The molecule has 3 heterocycles. The van der Waals surface area contributed by atoms with Gasteiger partial charge in [0.05, 0.1) is 5.69 Å². The van der Waals surface area contributed by atoms with E-state index in [9.17, 15) is 0 Å². The Morgan fingerprint density at radius 3 is 2.68 bits per heavy atom. The number of hydrogen-bond acceptors (Lipinski definition) is 2. The second kappa shape index (κ2) is 5.66. The van der Waals surface area contributed by atoms with Crippen molar-refractivity contribution < 1.29 is 0 Å². The molecule has 106 valence electrons. The molecule has 1 aromatic rings. The molecule has 0 spiro atoms. The molecule has 1 fully saturated rings. The van der Waals surface area contributed by atoms with Crippen LogP contribution in [0.3, 0.4) is 0 Å². The van der Waals surface area contributed by atoms with Gasteiger partial charge in [-0.2, -0.15) is 0 Å². The summed E-state index contributed by atoms with van der Waals surface area (Å²) < 4.78 is 2.39. The highest BCUT2D eigenvalue weighted by atomic mass is 15.1. The van der Waals surface area contributed by atoms with E-state index in [1.165, 1.54) is 69.7 Å². The molecule has 1 saturated heterocycles. The summed E-state index contributed by atoms with van der Waals surface area (Å²) in [4.78, 5) is 7.45. The van der Waals surface area contributed by atoms with Crippen molar-refractivity contribution in [2.45, 2.75) is 65.0 Å². The lowest BCUT2D eigenvalue weighted by Gasteiger charge is -2.34. The van der Waals surface area contributed by atoms with Crippen molar-refractivity contribution in [2.75, 3.05) is 13.1 Å². The molecule has 2 aliphatic heterocycles. The maximum absolute atomic E-state index is 4.85. The number of likely N-dealkylation sites (tertiary alicyclic amines) is 1. The Labute approximate surface area is 117 Å². The van der Waals surface area contributed by atoms with Gasteiger partial charge >= 0.3 is 0 Å². The second-order valence-electron chi connectivity index (χ2n) is 6.58. The Kier molecular flexibility index (Phi) is 3.92. The van der Waals surface area contributed by atoms with E-state index in [0.29, 0.717) is 6.04 Å². The molecule has 0 aromatic carbocycles. The van der Waals surface area contributed by atoms with Crippen LogP contribution in [0.1, 0.15) is 51.0 Å². The van der Waals surface area contributed by atoms with E-state index in [4.69, 9.17) is 4.98 Å². The van der Waals surface area contributed by atoms with Gasteiger partial charge in [-0.15, -0.1) is 0 Å². The predicted molar refractivity (Wildman–Crippen MR) is 78.3 cm³/mol. The monoisotopic (exact) mass is 261 g/mol. The smallest absolute Gasteiger partial charge is 0.108 e. The van der Waals surface area contributed by atoms with Crippen LogP contribution in [-0.2, 0) is 19.4 Å². The van der Waals surface area contributed by atoms with E-state index in [-0.39, 0.29) is 0 Å². The van der Waals surface area contributed by atoms with Gasteiger partial charge in [-0.25, -0.2) is 4.98 Å². The first-order valence-electron chi connectivity index (χ1n) is 8.01. The molecule has 1 aromatic heterocycles. The zero-order valence-corrected chi connectivity index (χ0v) is 12.4. The maximum atomic E-state index is 4.85. The number of piperidine rings is 1. The molecule has 3 nitrogen and oxygen atoms in total. The standard InChI is InChI=1S/C16H27N3/c1-13(2)18-9-6-14(7-10-18)11-15-12-19-8-4-3-5-16(19)17-15/h12-14H,3-11H2,1-2H3. The van der Waals surface area contributed by atoms with Gasteiger partial charge in [0.2, 0.25) is 0 Å². The van der Waals surface area contributed by atoms with E-state index in [1.54, 1.807) is 0 Å². The third-order valence-corrected chi connectivity index (χ3v) is 4.84. The lowest BCUT2D eigenvalue weighted by Crippen LogP contribution is -2.38. The predicted octanol–water partition coefficient (Wildman–Crippen LogP) is 2.88. The summed E-state index contributed by atoms with van der Waals surface area (Å²) in [5, 5.41) is 0. The molecule has 0 bridgehead atoms. The molecule has 0 saturated carbocycles. The van der Waals surface area contributed by atoms with Gasteiger partial charge in [0.15, 0.2) is 0 Å². The highest BCUT2D eigenvalue weighted by Gasteiger charge is 2.22. The summed E-state index contributed by atoms with van der Waals surface area (Å²) in [6.07, 6.45) is 10.1. The number of nitrogens with zero attached hydrogens (tertiary/aromatic N) is 3. The minimum absolute atomic E-state index is 0.709. The maximum Gasteiger partial charge on any atom is 0.108 e. The quantitative estimate of drug-likeness (QED) is 0.834. The summed E-state index contributed by atoms with van der Waals surface area (Å²) in [6, 6.07) is 0.709. The van der Waals surface area contributed by atoms with Crippen molar-refractivity contribution in [1.29, 1.82) is 0 Å². The summed E-state index contributed by atoms with van der Waals surface area (Å²) in [7, 11) is 0. The summed E-state index contributed by atoms with van der Waals surface area (Å²) in [5.74, 6) is 2.19. The van der Waals surface area contributed by atoms with Crippen LogP contribution in [0.4, 0.5) is 0 Å². The largest absolute Gasteiger partial charge is 0.335 e. The van der Waals surface area contributed by atoms with E-state index >= 15 is 0 Å². The van der Waals surface area contributed by atoms with Gasteiger partial charge in [-0.1, -0.05) is 0 Å². The fraction of sp³-hybridized carbons (Fsp3) is 0.812. The zero-order chi connectivity index (χ0) is 13.2. The number of aromatic nitrogens is 2. The van der Waals surface area contributed by atoms with E-state index in [2.05, 4.69) is 29.5 Å². The minimum atomic E-state index is 0.709. The Balaban J connectivity index is 1.56. The van der Waals surface area contributed by atoms with Crippen LogP contribution in [0.25, 0.3) is 0 Å². The van der Waals surface area contributed by atoms with Gasteiger partial charge in [-0.05, 0) is 65.0 Å². The summed E-state index contributed by atoms with van der Waals surface area (Å²) in [5.41, 5.74) is 1.35. The third-order valence-electron chi connectivity index (χ3n) is 4.84. The van der Waals surface area contributed by atoms with Crippen molar-refractivity contribution in [3.8, 4) is 0 Å². The van der Waals surface area contributed by atoms with Crippen LogP contribution in [0.15, 0.2) is 6.20 Å². The topological polar surface area (TPSA) is 21.1 Å². The molecular weight excluding hydrogens is 234 g/mol. The third kappa shape index (κ3) is 3.02. The Bertz CT molecular complexity index is 390. The van der Waals surface area contributed by atoms with Gasteiger partial charge in [0.1, 0.15) is 5.82 Å². The van der Waals surface area contributed by atoms with Gasteiger partial charge < -0.3 is 9.47 Å². The molecule has 3 heteroatoms. The molecule has 0 atom stereocenters. The Morgan fingerprint density at radius 1 is 1.21 bits per heavy atom. The van der Waals surface area contributed by atoms with Crippen LogP contribution in [-0.4, -0.2) is 33.6 Å². The van der Waals surface area contributed by atoms with E-state index in [1.807, 2.05) is 0 Å². The first kappa shape index (κ1) is 13.2. The van der Waals surface area contributed by atoms with E-state index < -0.39 is 0 Å². The van der Waals surface area contributed by atoms with Crippen molar-refractivity contribution in [2.24, 2.45) is 5.92 Å². The fourth-order valence-corrected chi connectivity index (χ4v) is 3.54. The fourth-order valence-electron chi connectivity index (χ4n) is 3.54. The van der Waals surface area contributed by atoms with Gasteiger partial charge in [0.25, 0.3) is 0 Å². The van der Waals surface area contributed by atoms with Gasteiger partial charge in [0, 0.05) is 25.2 Å². The molecule has 0 amide bonds. The normalized spacial score (nSPS) is 21.8. The van der Waals surface area contributed by atoms with Crippen LogP contribution >= 0.6 is 0 Å². The molecule has 0 radical (unpaired) electrons. The molecule has 2 aliphatic rings. The highest BCUT2D eigenvalue weighted by molar-refractivity contribution is 5.07. The van der Waals surface area contributed by atoms with Crippen molar-refractivity contribution in [3.63, 3.8) is 0 Å². The van der Waals surface area contributed by atoms with E-state index in [0.717, 1.165) is 5.92 Å². The summed E-state index contributed by atoms with van der Waals surface area (Å²) in [6.45, 7) is 8.35. The van der Waals surface area contributed by atoms with Crippen LogP contribution in [0.5, 0.6) is 0 Å². The molecular formula is C16H27N3. The number of fused-ring (bicyclic) bond motifs is 1. The first-order chi connectivity index (χ1) is 9.22. The Morgan fingerprint density at radius 2 is 2.00 bits per heavy atom. The lowest BCUT2D eigenvalue weighted by molar-refractivity contribution is 0.149. The second-order valence-corrected chi connectivity index (χ2v) is 6.58. The van der Waals surface area contributed by atoms with Crippen molar-refractivity contribution in [3.05, 3.63) is 17.7 Å². The van der Waals surface area contributed by atoms with Crippen LogP contribution < -0.4 is 0 Å². The number of hydrogen-bond donors (Lipinski definition) is 0. The average Bonchev–Trinajstić information content (AvgIpc) is 2.81. The number of aryl methyl sites for hydroxylation is 2. The molecule has 0 N–H and O–H groups in total. The minimum Gasteiger partial charge on any atom is -0.335 e. The first-order valence-corrected chi connectivity index (χ1v) is 8.01. The molecule has 19 heavy (non-hydrogen) atoms.